The molecule has 2 heterocycles. The van der Waals surface area contributed by atoms with Gasteiger partial charge in [0.25, 0.3) is 0 Å². The third kappa shape index (κ3) is 4.53. The zero-order valence-electron chi connectivity index (χ0n) is 16.1. The summed E-state index contributed by atoms with van der Waals surface area (Å²) in [6.45, 7) is 5.85. The minimum atomic E-state index is -0.392. The molecule has 1 N–H and O–H groups in total. The van der Waals surface area contributed by atoms with Crippen LogP contribution in [0.4, 0.5) is 9.39 Å². The molecule has 0 fully saturated rings. The monoisotopic (exact) mass is 427 g/mol. The number of aryl methyl sites for hydroxylation is 1. The quantitative estimate of drug-likeness (QED) is 0.399. The lowest BCUT2D eigenvalue weighted by Crippen LogP contribution is -2.07. The molecule has 0 unspecified atom stereocenters. The van der Waals surface area contributed by atoms with E-state index in [-0.39, 0.29) is 12.4 Å². The maximum Gasteiger partial charge on any atom is 0.341 e. The topological polar surface area (TPSA) is 75.0 Å². The Bertz CT molecular complexity index is 1110. The minimum absolute atomic E-state index is 0.289. The van der Waals surface area contributed by atoms with Gasteiger partial charge >= 0.3 is 5.97 Å². The molecule has 8 heteroatoms. The zero-order chi connectivity index (χ0) is 21.0. The molecule has 0 aliphatic carbocycles. The van der Waals surface area contributed by atoms with Crippen molar-refractivity contribution in [3.05, 3.63) is 62.7 Å². The normalized spacial score (nSPS) is 11.2. The van der Waals surface area contributed by atoms with Crippen LogP contribution in [-0.4, -0.2) is 17.6 Å². The first-order valence-corrected chi connectivity index (χ1v) is 10.5. The number of halogens is 1. The van der Waals surface area contributed by atoms with Crippen LogP contribution in [0.15, 0.2) is 35.8 Å². The van der Waals surface area contributed by atoms with Crippen LogP contribution in [0.2, 0.25) is 0 Å². The van der Waals surface area contributed by atoms with Gasteiger partial charge in [0.15, 0.2) is 0 Å². The largest absolute Gasteiger partial charge is 0.462 e. The van der Waals surface area contributed by atoms with Crippen LogP contribution in [0.5, 0.6) is 0 Å². The lowest BCUT2D eigenvalue weighted by Gasteiger charge is -2.05. The Labute approximate surface area is 176 Å². The summed E-state index contributed by atoms with van der Waals surface area (Å²) in [5.41, 5.74) is 3.11. The maximum atomic E-state index is 13.1. The van der Waals surface area contributed by atoms with Gasteiger partial charge in [-0.25, -0.2) is 14.2 Å². The number of nitrogens with zero attached hydrogens (tertiary/aromatic N) is 2. The van der Waals surface area contributed by atoms with E-state index in [0.29, 0.717) is 26.8 Å². The number of carbonyl (C=O) groups is 1. The molecule has 0 aliphatic heterocycles. The fourth-order valence-electron chi connectivity index (χ4n) is 2.61. The van der Waals surface area contributed by atoms with Crippen molar-refractivity contribution in [1.82, 2.24) is 4.98 Å². The number of benzene rings is 1. The number of nitrogens with one attached hydrogen (secondary N) is 1. The van der Waals surface area contributed by atoms with E-state index in [2.05, 4.69) is 16.4 Å². The first-order chi connectivity index (χ1) is 13.9. The maximum absolute atomic E-state index is 13.1. The van der Waals surface area contributed by atoms with Crippen molar-refractivity contribution in [2.24, 2.45) is 0 Å². The van der Waals surface area contributed by atoms with Crippen LogP contribution in [-0.2, 0) is 4.74 Å². The number of thiazole rings is 1. The molecule has 3 rings (SSSR count). The second kappa shape index (κ2) is 8.99. The molecular weight excluding hydrogens is 409 g/mol. The number of aromatic nitrogens is 1. The Kier molecular flexibility index (Phi) is 6.42. The Morgan fingerprint density at radius 1 is 1.34 bits per heavy atom. The number of esters is 1. The van der Waals surface area contributed by atoms with Gasteiger partial charge in [0.1, 0.15) is 27.5 Å². The van der Waals surface area contributed by atoms with Gasteiger partial charge in [-0.15, -0.1) is 22.7 Å². The number of anilines is 1. The summed E-state index contributed by atoms with van der Waals surface area (Å²) in [6, 6.07) is 8.16. The molecule has 0 saturated heterocycles. The van der Waals surface area contributed by atoms with Crippen LogP contribution in [0.3, 0.4) is 0 Å². The van der Waals surface area contributed by atoms with E-state index in [4.69, 9.17) is 4.74 Å². The fraction of sp³-hybridized carbons (Fsp3) is 0.190. The molecule has 0 aliphatic rings. The summed E-state index contributed by atoms with van der Waals surface area (Å²) in [5, 5.41) is 15.6. The number of hydrogen-bond acceptors (Lipinski definition) is 7. The van der Waals surface area contributed by atoms with Gasteiger partial charge in [-0.2, -0.15) is 5.26 Å². The minimum Gasteiger partial charge on any atom is -0.462 e. The second-order valence-electron chi connectivity index (χ2n) is 6.07. The zero-order valence-corrected chi connectivity index (χ0v) is 17.7. The average Bonchev–Trinajstić information content (AvgIpc) is 3.29. The molecular formula is C21H18FN3O2S2. The number of hydrogen-bond donors (Lipinski definition) is 1. The second-order valence-corrected chi connectivity index (χ2v) is 8.15. The van der Waals surface area contributed by atoms with Crippen molar-refractivity contribution in [3.8, 4) is 17.3 Å². The van der Waals surface area contributed by atoms with Crippen LogP contribution in [0.25, 0.3) is 16.8 Å². The van der Waals surface area contributed by atoms with E-state index < -0.39 is 5.97 Å². The van der Waals surface area contributed by atoms with E-state index in [1.165, 1.54) is 34.8 Å². The number of allylic oxidation sites excluding steroid dienone is 1. The smallest absolute Gasteiger partial charge is 0.341 e. The van der Waals surface area contributed by atoms with Gasteiger partial charge in [-0.3, -0.25) is 0 Å². The average molecular weight is 428 g/mol. The molecule has 2 aromatic heterocycles. The van der Waals surface area contributed by atoms with Crippen LogP contribution in [0, 0.1) is 31.0 Å². The van der Waals surface area contributed by atoms with Crippen molar-refractivity contribution in [2.45, 2.75) is 20.8 Å². The van der Waals surface area contributed by atoms with Gasteiger partial charge in [0.2, 0.25) is 0 Å². The molecule has 0 amide bonds. The van der Waals surface area contributed by atoms with E-state index in [9.17, 15) is 14.4 Å². The van der Waals surface area contributed by atoms with Gasteiger partial charge in [0, 0.05) is 22.0 Å². The highest BCUT2D eigenvalue weighted by molar-refractivity contribution is 7.16. The highest BCUT2D eigenvalue weighted by Gasteiger charge is 2.20. The Hall–Kier alpha value is -3.02. The van der Waals surface area contributed by atoms with E-state index in [1.807, 2.05) is 19.2 Å². The summed E-state index contributed by atoms with van der Waals surface area (Å²) < 4.78 is 18.3. The molecule has 0 atom stereocenters. The van der Waals surface area contributed by atoms with E-state index >= 15 is 0 Å². The first kappa shape index (κ1) is 20.7. The molecule has 5 nitrogen and oxygen atoms in total. The lowest BCUT2D eigenvalue weighted by molar-refractivity contribution is 0.0527. The van der Waals surface area contributed by atoms with Crippen molar-refractivity contribution in [2.75, 3.05) is 11.9 Å². The lowest BCUT2D eigenvalue weighted by atomic mass is 10.1. The number of thiophene rings is 1. The van der Waals surface area contributed by atoms with Crippen molar-refractivity contribution >= 4 is 39.2 Å². The van der Waals surface area contributed by atoms with Crippen LogP contribution >= 0.6 is 22.7 Å². The number of nitriles is 1. The Balaban J connectivity index is 1.87. The summed E-state index contributed by atoms with van der Waals surface area (Å²) in [6.07, 6.45) is 1.54. The standard InChI is InChI=1S/C21H18FN3O2S2/c1-4-27-21(26)18-12(2)13(3)29-20(18)24-10-15(9-23)19-25-17(11-28-19)14-5-7-16(22)8-6-14/h5-8,10-11,24H,4H2,1-3H3/b15-10+. The SMILES string of the molecule is CCOC(=O)c1c(N/C=C(\C#N)c2nc(-c3ccc(F)cc3)cs2)sc(C)c1C. The highest BCUT2D eigenvalue weighted by atomic mass is 32.1. The highest BCUT2D eigenvalue weighted by Crippen LogP contribution is 2.34. The summed E-state index contributed by atoms with van der Waals surface area (Å²) in [5.74, 6) is -0.707. The summed E-state index contributed by atoms with van der Waals surface area (Å²) in [4.78, 5) is 17.8. The molecule has 148 valence electrons. The van der Waals surface area contributed by atoms with E-state index in [1.54, 1.807) is 25.3 Å². The molecule has 1 aromatic carbocycles. The summed E-state index contributed by atoms with van der Waals surface area (Å²) >= 11 is 2.75. The van der Waals surface area contributed by atoms with Gasteiger partial charge in [-0.1, -0.05) is 0 Å². The number of carbonyl (C=O) groups excluding carboxylic acids is 1. The molecule has 29 heavy (non-hydrogen) atoms. The van der Waals surface area contributed by atoms with Gasteiger partial charge < -0.3 is 10.1 Å². The molecule has 0 bridgehead atoms. The molecule has 0 spiro atoms. The Morgan fingerprint density at radius 2 is 2.07 bits per heavy atom. The van der Waals surface area contributed by atoms with Crippen LogP contribution in [0.1, 0.15) is 32.7 Å². The van der Waals surface area contributed by atoms with E-state index in [0.717, 1.165) is 16.0 Å². The van der Waals surface area contributed by atoms with Gasteiger partial charge in [0.05, 0.1) is 17.9 Å². The molecule has 0 radical (unpaired) electrons. The van der Waals surface area contributed by atoms with Crippen molar-refractivity contribution in [1.29, 1.82) is 5.26 Å². The fourth-order valence-corrected chi connectivity index (χ4v) is 4.42. The number of rotatable bonds is 6. The Morgan fingerprint density at radius 3 is 2.72 bits per heavy atom. The third-order valence-corrected chi connectivity index (χ3v) is 6.22. The molecule has 3 aromatic rings. The van der Waals surface area contributed by atoms with Crippen molar-refractivity contribution < 1.29 is 13.9 Å². The predicted molar refractivity (Wildman–Crippen MR) is 114 cm³/mol. The van der Waals surface area contributed by atoms with Gasteiger partial charge in [-0.05, 0) is 50.6 Å². The van der Waals surface area contributed by atoms with Crippen molar-refractivity contribution in [3.63, 3.8) is 0 Å². The third-order valence-electron chi connectivity index (χ3n) is 4.21. The number of ether oxygens (including phenoxy) is 1. The van der Waals surface area contributed by atoms with Crippen LogP contribution < -0.4 is 5.32 Å². The predicted octanol–water partition coefficient (Wildman–Crippen LogP) is 5.78. The summed E-state index contributed by atoms with van der Waals surface area (Å²) in [7, 11) is 0. The molecule has 0 saturated carbocycles. The first-order valence-electron chi connectivity index (χ1n) is 8.80.